The molecule has 1 heterocycles. The average Bonchev–Trinajstić information content (AvgIpc) is 2.53. The van der Waals surface area contributed by atoms with E-state index in [9.17, 15) is 14.4 Å². The average molecular weight is 399 g/mol. The van der Waals surface area contributed by atoms with Gasteiger partial charge in [-0.2, -0.15) is 0 Å². The number of nitrogens with one attached hydrogen (secondary N) is 3. The maximum atomic E-state index is 12.3. The summed E-state index contributed by atoms with van der Waals surface area (Å²) >= 11 is 3.42. The Kier molecular flexibility index (Phi) is 6.33. The molecule has 2 atom stereocenters. The number of rotatable bonds is 5. The lowest BCUT2D eigenvalue weighted by molar-refractivity contribution is -0.909. The van der Waals surface area contributed by atoms with Gasteiger partial charge in [-0.1, -0.05) is 6.07 Å². The van der Waals surface area contributed by atoms with E-state index < -0.39 is 12.0 Å². The molecule has 2 amide bonds. The summed E-state index contributed by atoms with van der Waals surface area (Å²) < 4.78 is 5.44. The van der Waals surface area contributed by atoms with E-state index in [0.717, 1.165) is 14.9 Å². The lowest BCUT2D eigenvalue weighted by Gasteiger charge is -2.30. The Morgan fingerprint density at radius 3 is 2.88 bits per heavy atom. The molecule has 0 bridgehead atoms. The number of esters is 1. The molecule has 7 nitrogen and oxygen atoms in total. The summed E-state index contributed by atoms with van der Waals surface area (Å²) in [5.41, 5.74) is 1.76. The molecule has 0 radical (unpaired) electrons. The molecule has 1 saturated heterocycles. The summed E-state index contributed by atoms with van der Waals surface area (Å²) in [4.78, 5) is 36.6. The highest BCUT2D eigenvalue weighted by Gasteiger charge is 2.36. The summed E-state index contributed by atoms with van der Waals surface area (Å²) in [7, 11) is 1.28. The largest absolute Gasteiger partial charge is 0.469 e. The summed E-state index contributed by atoms with van der Waals surface area (Å²) in [5.74, 6) is -0.902. The first-order chi connectivity index (χ1) is 11.4. The first-order valence-electron chi connectivity index (χ1n) is 7.66. The quantitative estimate of drug-likeness (QED) is 0.591. The van der Waals surface area contributed by atoms with Crippen molar-refractivity contribution in [1.29, 1.82) is 0 Å². The number of halogens is 1. The topological polar surface area (TPSA) is 88.9 Å². The van der Waals surface area contributed by atoms with Crippen LogP contribution < -0.4 is 15.5 Å². The number of carbonyl (C=O) groups is 3. The molecule has 1 unspecified atom stereocenters. The summed E-state index contributed by atoms with van der Waals surface area (Å²) in [6, 6.07) is 5.03. The Labute approximate surface area is 148 Å². The lowest BCUT2D eigenvalue weighted by atomic mass is 10.1. The molecule has 1 aliphatic rings. The monoisotopic (exact) mass is 398 g/mol. The molecule has 0 saturated carbocycles. The number of anilines is 1. The first kappa shape index (κ1) is 18.4. The molecule has 0 aromatic heterocycles. The lowest BCUT2D eigenvalue weighted by Crippen LogP contribution is -3.20. The van der Waals surface area contributed by atoms with E-state index >= 15 is 0 Å². The van der Waals surface area contributed by atoms with E-state index in [0.29, 0.717) is 18.8 Å². The van der Waals surface area contributed by atoms with Crippen molar-refractivity contribution in [3.8, 4) is 0 Å². The van der Waals surface area contributed by atoms with Gasteiger partial charge in [-0.3, -0.25) is 14.4 Å². The standard InChI is InChI=1S/C16H20BrN3O4/c1-10-3-4-12(11(17)7-10)19-14(21)9-20-6-5-18-16(23)13(20)8-15(22)24-2/h3-4,7,13H,5-6,8-9H2,1-2H3,(H,18,23)(H,19,21)/p+1/t13-/m0/s1. The predicted molar refractivity (Wildman–Crippen MR) is 91.6 cm³/mol. The summed E-state index contributed by atoms with van der Waals surface area (Å²) in [6.45, 7) is 3.13. The van der Waals surface area contributed by atoms with Gasteiger partial charge < -0.3 is 20.3 Å². The van der Waals surface area contributed by atoms with Gasteiger partial charge in [-0.25, -0.2) is 0 Å². The minimum atomic E-state index is -0.613. The molecule has 130 valence electrons. The highest BCUT2D eigenvalue weighted by molar-refractivity contribution is 9.10. The minimum absolute atomic E-state index is 0.0425. The number of hydrogen-bond donors (Lipinski definition) is 3. The second kappa shape index (κ2) is 8.25. The highest BCUT2D eigenvalue weighted by atomic mass is 79.9. The molecule has 0 spiro atoms. The second-order valence-electron chi connectivity index (χ2n) is 5.74. The van der Waals surface area contributed by atoms with Gasteiger partial charge in [-0.05, 0) is 40.5 Å². The number of methoxy groups -OCH3 is 1. The molecule has 8 heteroatoms. The van der Waals surface area contributed by atoms with E-state index in [-0.39, 0.29) is 24.8 Å². The number of carbonyl (C=O) groups excluding carboxylic acids is 3. The van der Waals surface area contributed by atoms with Crippen LogP contribution in [0.25, 0.3) is 0 Å². The van der Waals surface area contributed by atoms with Gasteiger partial charge in [0, 0.05) is 4.47 Å². The van der Waals surface area contributed by atoms with Crippen LogP contribution in [0.5, 0.6) is 0 Å². The third-order valence-electron chi connectivity index (χ3n) is 3.94. The molecule has 2 rings (SSSR count). The van der Waals surface area contributed by atoms with Crippen LogP contribution in [-0.2, 0) is 19.1 Å². The Morgan fingerprint density at radius 1 is 1.46 bits per heavy atom. The van der Waals surface area contributed by atoms with Crippen LogP contribution in [0.15, 0.2) is 22.7 Å². The maximum Gasteiger partial charge on any atom is 0.312 e. The van der Waals surface area contributed by atoms with Crippen LogP contribution in [0.2, 0.25) is 0 Å². The van der Waals surface area contributed by atoms with Gasteiger partial charge in [0.2, 0.25) is 0 Å². The third kappa shape index (κ3) is 4.78. The number of piperazine rings is 1. The van der Waals surface area contributed by atoms with Gasteiger partial charge >= 0.3 is 5.97 Å². The Bertz CT molecular complexity index is 650. The van der Waals surface area contributed by atoms with Crippen molar-refractivity contribution in [3.05, 3.63) is 28.2 Å². The molecule has 24 heavy (non-hydrogen) atoms. The normalized spacial score (nSPS) is 20.2. The maximum absolute atomic E-state index is 12.3. The van der Waals surface area contributed by atoms with Gasteiger partial charge in [-0.15, -0.1) is 0 Å². The minimum Gasteiger partial charge on any atom is -0.469 e. The Balaban J connectivity index is 2.02. The van der Waals surface area contributed by atoms with Gasteiger partial charge in [0.25, 0.3) is 11.8 Å². The Morgan fingerprint density at radius 2 is 2.21 bits per heavy atom. The van der Waals surface area contributed by atoms with Gasteiger partial charge in [0.1, 0.15) is 6.42 Å². The van der Waals surface area contributed by atoms with Crippen molar-refractivity contribution in [1.82, 2.24) is 5.32 Å². The zero-order valence-electron chi connectivity index (χ0n) is 13.6. The fraction of sp³-hybridized carbons (Fsp3) is 0.438. The Hall–Kier alpha value is -1.93. The van der Waals surface area contributed by atoms with E-state index in [1.54, 1.807) is 0 Å². The van der Waals surface area contributed by atoms with Crippen LogP contribution in [0, 0.1) is 6.92 Å². The molecule has 1 aromatic rings. The number of amides is 2. The fourth-order valence-electron chi connectivity index (χ4n) is 2.65. The van der Waals surface area contributed by atoms with Crippen molar-refractivity contribution in [2.75, 3.05) is 32.1 Å². The molecule has 3 N–H and O–H groups in total. The van der Waals surface area contributed by atoms with E-state index in [1.807, 2.05) is 25.1 Å². The molecular weight excluding hydrogens is 378 g/mol. The SMILES string of the molecule is COC(=O)C[C@H]1C(=O)NCC[NH+]1CC(=O)Nc1ccc(C)cc1Br. The summed E-state index contributed by atoms with van der Waals surface area (Å²) in [5, 5.41) is 5.56. The first-order valence-corrected chi connectivity index (χ1v) is 8.45. The van der Waals surface area contributed by atoms with Crippen LogP contribution in [0.1, 0.15) is 12.0 Å². The predicted octanol–water partition coefficient (Wildman–Crippen LogP) is -0.358. The zero-order valence-corrected chi connectivity index (χ0v) is 15.2. The second-order valence-corrected chi connectivity index (χ2v) is 6.59. The van der Waals surface area contributed by atoms with Gasteiger partial charge in [0.15, 0.2) is 12.6 Å². The van der Waals surface area contributed by atoms with Crippen LogP contribution in [0.4, 0.5) is 5.69 Å². The molecular formula is C16H21BrN3O4+. The zero-order chi connectivity index (χ0) is 17.7. The number of ether oxygens (including phenoxy) is 1. The van der Waals surface area contributed by atoms with Crippen molar-refractivity contribution in [3.63, 3.8) is 0 Å². The number of quaternary nitrogens is 1. The van der Waals surface area contributed by atoms with Crippen molar-refractivity contribution in [2.45, 2.75) is 19.4 Å². The van der Waals surface area contributed by atoms with Gasteiger partial charge in [0.05, 0.1) is 25.9 Å². The fourth-order valence-corrected chi connectivity index (χ4v) is 3.24. The molecule has 1 aliphatic heterocycles. The van der Waals surface area contributed by atoms with E-state index in [2.05, 4.69) is 31.3 Å². The molecule has 1 fully saturated rings. The van der Waals surface area contributed by atoms with Crippen molar-refractivity contribution in [2.24, 2.45) is 0 Å². The van der Waals surface area contributed by atoms with Crippen LogP contribution in [0.3, 0.4) is 0 Å². The van der Waals surface area contributed by atoms with Crippen molar-refractivity contribution < 1.29 is 24.0 Å². The van der Waals surface area contributed by atoms with E-state index in [4.69, 9.17) is 0 Å². The summed E-state index contributed by atoms with van der Waals surface area (Å²) in [6.07, 6.45) is -0.0425. The van der Waals surface area contributed by atoms with Crippen LogP contribution in [-0.4, -0.2) is 50.6 Å². The molecule has 0 aliphatic carbocycles. The molecule has 1 aromatic carbocycles. The number of aryl methyl sites for hydroxylation is 1. The number of hydrogen-bond acceptors (Lipinski definition) is 4. The highest BCUT2D eigenvalue weighted by Crippen LogP contribution is 2.23. The van der Waals surface area contributed by atoms with Crippen LogP contribution >= 0.6 is 15.9 Å². The third-order valence-corrected chi connectivity index (χ3v) is 4.60. The van der Waals surface area contributed by atoms with Crippen molar-refractivity contribution >= 4 is 39.4 Å². The number of benzene rings is 1. The van der Waals surface area contributed by atoms with E-state index in [1.165, 1.54) is 7.11 Å². The smallest absolute Gasteiger partial charge is 0.312 e.